The largest absolute Gasteiger partial charge is 0.453 e. The minimum atomic E-state index is -0.688. The zero-order valence-corrected chi connectivity index (χ0v) is 32.7. The molecular formula is C42H53N7O6. The van der Waals surface area contributed by atoms with Crippen LogP contribution in [0, 0.1) is 11.8 Å². The highest BCUT2D eigenvalue weighted by Gasteiger charge is 2.40. The van der Waals surface area contributed by atoms with Gasteiger partial charge >= 0.3 is 12.2 Å². The number of likely N-dealkylation sites (tertiary alicyclic amines) is 2. The molecule has 292 valence electrons. The number of aromatic nitrogens is 3. The van der Waals surface area contributed by atoms with E-state index in [9.17, 15) is 19.2 Å². The van der Waals surface area contributed by atoms with Crippen molar-refractivity contribution >= 4 is 35.0 Å². The summed E-state index contributed by atoms with van der Waals surface area (Å²) >= 11 is 0. The zero-order valence-electron chi connectivity index (χ0n) is 32.7. The van der Waals surface area contributed by atoms with Gasteiger partial charge in [-0.1, -0.05) is 58.0 Å². The molecule has 4 atom stereocenters. The molecule has 4 amide bonds. The predicted molar refractivity (Wildman–Crippen MR) is 209 cm³/mol. The Labute approximate surface area is 321 Å². The Morgan fingerprint density at radius 3 is 1.85 bits per heavy atom. The smallest absolute Gasteiger partial charge is 0.407 e. The summed E-state index contributed by atoms with van der Waals surface area (Å²) in [5.74, 6) is 0.351. The van der Waals surface area contributed by atoms with Gasteiger partial charge in [0.05, 0.1) is 37.3 Å². The Morgan fingerprint density at radius 2 is 1.25 bits per heavy atom. The fourth-order valence-electron chi connectivity index (χ4n) is 8.73. The number of rotatable bonds is 10. The molecule has 1 aliphatic carbocycles. The maximum Gasteiger partial charge on any atom is 0.407 e. The number of methoxy groups -OCH3 is 2. The number of imidazole rings is 1. The first-order valence-corrected chi connectivity index (χ1v) is 19.6. The fraction of sp³-hybridized carbons (Fsp3) is 0.500. The van der Waals surface area contributed by atoms with E-state index < -0.39 is 24.3 Å². The molecule has 7 rings (SSSR count). The van der Waals surface area contributed by atoms with Crippen molar-refractivity contribution < 1.29 is 28.7 Å². The van der Waals surface area contributed by atoms with E-state index in [1.807, 2.05) is 43.6 Å². The molecule has 4 aromatic rings. The number of fused-ring (bicyclic) bond motifs is 2. The van der Waals surface area contributed by atoms with Gasteiger partial charge in [-0.15, -0.1) is 0 Å². The summed E-state index contributed by atoms with van der Waals surface area (Å²) in [6.45, 7) is 8.94. The molecule has 13 heteroatoms. The van der Waals surface area contributed by atoms with Gasteiger partial charge in [-0.05, 0) is 96.7 Å². The molecule has 2 aromatic heterocycles. The van der Waals surface area contributed by atoms with Crippen molar-refractivity contribution in [1.82, 2.24) is 35.4 Å². The second-order valence-corrected chi connectivity index (χ2v) is 15.8. The number of carbonyl (C=O) groups is 4. The molecular weight excluding hydrogens is 699 g/mol. The molecule has 3 aliphatic rings. The van der Waals surface area contributed by atoms with E-state index >= 15 is 0 Å². The Morgan fingerprint density at radius 1 is 0.709 bits per heavy atom. The molecule has 55 heavy (non-hydrogen) atoms. The van der Waals surface area contributed by atoms with Crippen molar-refractivity contribution in [2.75, 3.05) is 27.3 Å². The van der Waals surface area contributed by atoms with Gasteiger partial charge in [-0.2, -0.15) is 0 Å². The summed E-state index contributed by atoms with van der Waals surface area (Å²) < 4.78 is 9.60. The lowest BCUT2D eigenvalue weighted by Crippen LogP contribution is -2.51. The van der Waals surface area contributed by atoms with Gasteiger partial charge in [0, 0.05) is 24.5 Å². The number of amides is 4. The van der Waals surface area contributed by atoms with Gasteiger partial charge in [-0.3, -0.25) is 9.59 Å². The van der Waals surface area contributed by atoms with Crippen molar-refractivity contribution in [2.45, 2.75) is 96.8 Å². The highest BCUT2D eigenvalue weighted by Crippen LogP contribution is 2.43. The molecule has 2 fully saturated rings. The quantitative estimate of drug-likeness (QED) is 0.139. The Balaban J connectivity index is 1.10. The second kappa shape index (κ2) is 15.8. The summed E-state index contributed by atoms with van der Waals surface area (Å²) in [7, 11) is 2.61. The average molecular weight is 752 g/mol. The van der Waals surface area contributed by atoms with E-state index in [1.54, 1.807) is 0 Å². The number of carbonyl (C=O) groups excluding carboxylic acids is 4. The third-order valence-corrected chi connectivity index (χ3v) is 11.6. The molecule has 0 bridgehead atoms. The van der Waals surface area contributed by atoms with Crippen LogP contribution in [0.1, 0.15) is 94.5 Å². The maximum absolute atomic E-state index is 13.9. The maximum atomic E-state index is 13.9. The lowest BCUT2D eigenvalue weighted by atomic mass is 9.99. The summed E-state index contributed by atoms with van der Waals surface area (Å²) in [5, 5.41) is 5.48. The molecule has 0 spiro atoms. The van der Waals surface area contributed by atoms with Crippen LogP contribution >= 0.6 is 0 Å². The molecule has 13 nitrogen and oxygen atoms in total. The standard InChI is InChI=1S/C42H53N7O6/c1-23(2)34(46-41(52)54-5)39(50)48-20-8-12-32(48)37-29-11-7-10-28(29)36(45-37)26-16-14-25(15-17-26)27-18-19-30-31(22-27)44-38(43-30)33-13-9-21-49(33)40(51)35(24(3)4)47-42(53)55-6/h14-19,22-24,32-35,45H,7-13,20-21H2,1-6H3,(H,43,44)(H,46,52)(H,47,53)/t32-,33-,34?,35-/m0/s1. The normalized spacial score (nSPS) is 19.2. The van der Waals surface area contributed by atoms with Crippen LogP contribution < -0.4 is 10.6 Å². The summed E-state index contributed by atoms with van der Waals surface area (Å²) in [6, 6.07) is 13.2. The van der Waals surface area contributed by atoms with Crippen LogP contribution in [-0.4, -0.2) is 88.1 Å². The van der Waals surface area contributed by atoms with Gasteiger partial charge in [0.15, 0.2) is 0 Å². The van der Waals surface area contributed by atoms with Crippen molar-refractivity contribution in [2.24, 2.45) is 11.8 Å². The van der Waals surface area contributed by atoms with Gasteiger partial charge in [0.2, 0.25) is 11.8 Å². The van der Waals surface area contributed by atoms with E-state index in [2.05, 4.69) is 57.0 Å². The number of H-pyrrole nitrogens is 2. The topological polar surface area (TPSA) is 162 Å². The van der Waals surface area contributed by atoms with Crippen molar-refractivity contribution in [3.05, 3.63) is 65.1 Å². The van der Waals surface area contributed by atoms with Gasteiger partial charge in [-0.25, -0.2) is 14.6 Å². The van der Waals surface area contributed by atoms with E-state index in [-0.39, 0.29) is 35.7 Å². The first-order valence-electron chi connectivity index (χ1n) is 19.6. The van der Waals surface area contributed by atoms with Gasteiger partial charge in [0.1, 0.15) is 17.9 Å². The molecule has 2 aliphatic heterocycles. The zero-order chi connectivity index (χ0) is 39.0. The molecule has 2 aromatic carbocycles. The van der Waals surface area contributed by atoms with Gasteiger partial charge in [0.25, 0.3) is 0 Å². The SMILES string of the molecule is COC(=O)NC(C(=O)N1CCC[C@H]1c1[nH]c(-c2ccc(-c3ccc4nc([C@@H]5CCCN5C(=O)[C@@H](NC(=O)OC)C(C)C)[nH]c4c3)cc2)c2c1CCC2)C(C)C. The Kier molecular flexibility index (Phi) is 10.9. The minimum absolute atomic E-state index is 0.0679. The first-order chi connectivity index (χ1) is 26.5. The Hall–Kier alpha value is -5.33. The number of hydrogen-bond acceptors (Lipinski definition) is 7. The fourth-order valence-corrected chi connectivity index (χ4v) is 8.73. The predicted octanol–water partition coefficient (Wildman–Crippen LogP) is 6.80. The molecule has 0 radical (unpaired) electrons. The third-order valence-electron chi connectivity index (χ3n) is 11.6. The van der Waals surface area contributed by atoms with E-state index in [1.165, 1.54) is 25.3 Å². The van der Waals surface area contributed by atoms with Gasteiger partial charge < -0.3 is 39.9 Å². The minimum Gasteiger partial charge on any atom is -0.453 e. The van der Waals surface area contributed by atoms with Crippen LogP contribution in [0.25, 0.3) is 33.4 Å². The molecule has 1 unspecified atom stereocenters. The third kappa shape index (κ3) is 7.40. The van der Waals surface area contributed by atoms with E-state index in [0.29, 0.717) is 13.1 Å². The number of aromatic amines is 2. The van der Waals surface area contributed by atoms with Crippen LogP contribution in [0.2, 0.25) is 0 Å². The number of alkyl carbamates (subject to hydrolysis) is 2. The van der Waals surface area contributed by atoms with Crippen LogP contribution in [0.3, 0.4) is 0 Å². The molecule has 4 heterocycles. The number of nitrogens with zero attached hydrogens (tertiary/aromatic N) is 3. The number of ether oxygens (including phenoxy) is 2. The molecule has 2 saturated heterocycles. The second-order valence-electron chi connectivity index (χ2n) is 15.8. The highest BCUT2D eigenvalue weighted by molar-refractivity contribution is 5.88. The van der Waals surface area contributed by atoms with Crippen molar-refractivity contribution in [1.29, 1.82) is 0 Å². The number of nitrogens with one attached hydrogen (secondary N) is 4. The Bertz CT molecular complexity index is 2070. The van der Waals surface area contributed by atoms with Crippen molar-refractivity contribution in [3.63, 3.8) is 0 Å². The molecule has 0 saturated carbocycles. The van der Waals surface area contributed by atoms with E-state index in [4.69, 9.17) is 14.5 Å². The van der Waals surface area contributed by atoms with Crippen LogP contribution in [-0.2, 0) is 31.9 Å². The lowest BCUT2D eigenvalue weighted by Gasteiger charge is -2.31. The summed E-state index contributed by atoms with van der Waals surface area (Å²) in [4.78, 5) is 67.6. The number of benzene rings is 2. The lowest BCUT2D eigenvalue weighted by molar-refractivity contribution is -0.136. The first kappa shape index (κ1) is 38.0. The highest BCUT2D eigenvalue weighted by atomic mass is 16.5. The van der Waals surface area contributed by atoms with Crippen LogP contribution in [0.4, 0.5) is 9.59 Å². The van der Waals surface area contributed by atoms with Crippen molar-refractivity contribution in [3.8, 4) is 22.4 Å². The average Bonchev–Trinajstić information content (AvgIpc) is 4.03. The monoisotopic (exact) mass is 751 g/mol. The summed E-state index contributed by atoms with van der Waals surface area (Å²) in [6.07, 6.45) is 5.25. The number of hydrogen-bond donors (Lipinski definition) is 4. The van der Waals surface area contributed by atoms with Crippen LogP contribution in [0.5, 0.6) is 0 Å². The van der Waals surface area contributed by atoms with E-state index in [0.717, 1.165) is 89.9 Å². The van der Waals surface area contributed by atoms with Crippen LogP contribution in [0.15, 0.2) is 42.5 Å². The molecule has 4 N–H and O–H groups in total. The summed E-state index contributed by atoms with van der Waals surface area (Å²) in [5.41, 5.74) is 9.86.